The van der Waals surface area contributed by atoms with Crippen LogP contribution in [0.5, 0.6) is 17.2 Å². The SMILES string of the molecule is COc1ccc(NC(=O)c2cc([N+](=O)[O-])cc3c2C=Cc2cc(Cl)cc(Cl)c2O3)cc1. The molecule has 1 aliphatic heterocycles. The summed E-state index contributed by atoms with van der Waals surface area (Å²) in [5.41, 5.74) is 1.24. The highest BCUT2D eigenvalue weighted by Crippen LogP contribution is 2.42. The van der Waals surface area contributed by atoms with Gasteiger partial charge in [0.1, 0.15) is 11.5 Å². The molecule has 1 N–H and O–H groups in total. The monoisotopic (exact) mass is 456 g/mol. The number of nitrogens with zero attached hydrogens (tertiary/aromatic N) is 1. The number of non-ortho nitro benzene ring substituents is 1. The van der Waals surface area contributed by atoms with Crippen molar-refractivity contribution in [3.05, 3.63) is 85.4 Å². The number of nitro benzene ring substituents is 1. The molecular weight excluding hydrogens is 443 g/mol. The van der Waals surface area contributed by atoms with Gasteiger partial charge in [-0.25, -0.2) is 0 Å². The van der Waals surface area contributed by atoms with E-state index >= 15 is 0 Å². The summed E-state index contributed by atoms with van der Waals surface area (Å²) in [5.74, 6) is 0.525. The maximum atomic E-state index is 13.0. The van der Waals surface area contributed by atoms with E-state index in [0.717, 1.165) is 0 Å². The van der Waals surface area contributed by atoms with Crippen LogP contribution < -0.4 is 14.8 Å². The predicted octanol–water partition coefficient (Wildman–Crippen LogP) is 6.44. The summed E-state index contributed by atoms with van der Waals surface area (Å²) in [6, 6.07) is 12.3. The molecule has 0 atom stereocenters. The van der Waals surface area contributed by atoms with E-state index in [0.29, 0.717) is 33.3 Å². The van der Waals surface area contributed by atoms with Crippen LogP contribution in [0.25, 0.3) is 12.2 Å². The largest absolute Gasteiger partial charge is 0.497 e. The second-order valence-electron chi connectivity index (χ2n) is 6.59. The maximum Gasteiger partial charge on any atom is 0.274 e. The van der Waals surface area contributed by atoms with Gasteiger partial charge in [0, 0.05) is 27.9 Å². The van der Waals surface area contributed by atoms with Gasteiger partial charge in [0.25, 0.3) is 11.6 Å². The second kappa shape index (κ2) is 8.29. The molecule has 4 rings (SSSR count). The predicted molar refractivity (Wildman–Crippen MR) is 120 cm³/mol. The highest BCUT2D eigenvalue weighted by molar-refractivity contribution is 6.36. The van der Waals surface area contributed by atoms with E-state index in [9.17, 15) is 14.9 Å². The number of methoxy groups -OCH3 is 1. The van der Waals surface area contributed by atoms with Gasteiger partial charge in [0.15, 0.2) is 5.75 Å². The van der Waals surface area contributed by atoms with Crippen molar-refractivity contribution in [2.45, 2.75) is 0 Å². The Hall–Kier alpha value is -3.55. The first kappa shape index (κ1) is 20.7. The van der Waals surface area contributed by atoms with Crippen LogP contribution in [0.2, 0.25) is 10.0 Å². The third-order valence-corrected chi connectivity index (χ3v) is 5.11. The molecule has 7 nitrogen and oxygen atoms in total. The number of halogens is 2. The van der Waals surface area contributed by atoms with Crippen molar-refractivity contribution in [3.8, 4) is 17.2 Å². The Balaban J connectivity index is 1.79. The van der Waals surface area contributed by atoms with Gasteiger partial charge in [0.05, 0.1) is 28.7 Å². The third-order valence-electron chi connectivity index (χ3n) is 4.61. The van der Waals surface area contributed by atoms with Crippen LogP contribution in [-0.2, 0) is 0 Å². The fourth-order valence-corrected chi connectivity index (χ4v) is 3.68. The molecule has 0 aromatic heterocycles. The molecule has 31 heavy (non-hydrogen) atoms. The Morgan fingerprint density at radius 2 is 1.84 bits per heavy atom. The number of rotatable bonds is 4. The van der Waals surface area contributed by atoms with E-state index in [1.165, 1.54) is 25.3 Å². The van der Waals surface area contributed by atoms with Crippen molar-refractivity contribution in [2.75, 3.05) is 12.4 Å². The van der Waals surface area contributed by atoms with Gasteiger partial charge in [0.2, 0.25) is 0 Å². The lowest BCUT2D eigenvalue weighted by Crippen LogP contribution is -2.14. The molecule has 0 saturated carbocycles. The number of amides is 1. The molecule has 0 radical (unpaired) electrons. The van der Waals surface area contributed by atoms with Gasteiger partial charge in [-0.3, -0.25) is 14.9 Å². The lowest BCUT2D eigenvalue weighted by Gasteiger charge is -2.14. The lowest BCUT2D eigenvalue weighted by molar-refractivity contribution is -0.384. The minimum Gasteiger partial charge on any atom is -0.497 e. The van der Waals surface area contributed by atoms with Crippen LogP contribution in [0, 0.1) is 10.1 Å². The fourth-order valence-electron chi connectivity index (χ4n) is 3.13. The number of fused-ring (bicyclic) bond motifs is 2. The van der Waals surface area contributed by atoms with Crippen molar-refractivity contribution in [3.63, 3.8) is 0 Å². The summed E-state index contributed by atoms with van der Waals surface area (Å²) in [5, 5.41) is 14.9. The van der Waals surface area contributed by atoms with E-state index < -0.39 is 10.8 Å². The zero-order valence-corrected chi connectivity index (χ0v) is 17.5. The first-order valence-electron chi connectivity index (χ1n) is 8.98. The highest BCUT2D eigenvalue weighted by Gasteiger charge is 2.24. The molecule has 9 heteroatoms. The van der Waals surface area contributed by atoms with E-state index in [-0.39, 0.29) is 22.0 Å². The van der Waals surface area contributed by atoms with Crippen LogP contribution >= 0.6 is 23.2 Å². The van der Waals surface area contributed by atoms with Gasteiger partial charge < -0.3 is 14.8 Å². The quantitative estimate of drug-likeness (QED) is 0.281. The second-order valence-corrected chi connectivity index (χ2v) is 7.43. The van der Waals surface area contributed by atoms with E-state index in [1.54, 1.807) is 42.5 Å². The van der Waals surface area contributed by atoms with E-state index in [2.05, 4.69) is 5.32 Å². The molecule has 1 aliphatic rings. The molecule has 1 amide bonds. The van der Waals surface area contributed by atoms with Crippen molar-refractivity contribution >= 4 is 52.6 Å². The molecule has 3 aromatic rings. The number of hydrogen-bond donors (Lipinski definition) is 1. The highest BCUT2D eigenvalue weighted by atomic mass is 35.5. The molecule has 0 spiro atoms. The summed E-state index contributed by atoms with van der Waals surface area (Å²) in [6.07, 6.45) is 3.33. The minimum absolute atomic E-state index is 0.0753. The number of carbonyl (C=O) groups excluding carboxylic acids is 1. The Morgan fingerprint density at radius 3 is 2.52 bits per heavy atom. The molecule has 156 valence electrons. The summed E-state index contributed by atoms with van der Waals surface area (Å²) >= 11 is 12.3. The van der Waals surface area contributed by atoms with Crippen LogP contribution in [-0.4, -0.2) is 17.9 Å². The standard InChI is InChI=1S/C22H14Cl2N2O5/c1-30-16-5-3-14(4-6-16)25-22(27)18-10-15(26(28)29)11-20-17(18)7-2-12-8-13(23)9-19(24)21(12)31-20/h2-11H,1H3,(H,25,27). The molecule has 0 unspecified atom stereocenters. The maximum absolute atomic E-state index is 13.0. The van der Waals surface area contributed by atoms with Crippen molar-refractivity contribution in [1.29, 1.82) is 0 Å². The van der Waals surface area contributed by atoms with Crippen LogP contribution in [0.4, 0.5) is 11.4 Å². The zero-order chi connectivity index (χ0) is 22.1. The van der Waals surface area contributed by atoms with Crippen molar-refractivity contribution in [2.24, 2.45) is 0 Å². The molecule has 3 aromatic carbocycles. The Bertz CT molecular complexity index is 1240. The lowest BCUT2D eigenvalue weighted by atomic mass is 10.0. The summed E-state index contributed by atoms with van der Waals surface area (Å²) in [4.78, 5) is 23.9. The Kier molecular flexibility index (Phi) is 5.54. The van der Waals surface area contributed by atoms with Gasteiger partial charge in [-0.15, -0.1) is 0 Å². The summed E-state index contributed by atoms with van der Waals surface area (Å²) in [7, 11) is 1.54. The molecule has 0 fully saturated rings. The first-order chi connectivity index (χ1) is 14.9. The fraction of sp³-hybridized carbons (Fsp3) is 0.0455. The number of anilines is 1. The summed E-state index contributed by atoms with van der Waals surface area (Å²) < 4.78 is 11.0. The molecule has 0 saturated heterocycles. The molecule has 0 bridgehead atoms. The van der Waals surface area contributed by atoms with E-state index in [1.807, 2.05) is 0 Å². The average Bonchev–Trinajstić information content (AvgIpc) is 2.93. The minimum atomic E-state index is -0.590. The van der Waals surface area contributed by atoms with Gasteiger partial charge in [-0.05, 0) is 42.5 Å². The summed E-state index contributed by atoms with van der Waals surface area (Å²) in [6.45, 7) is 0. The number of carbonyl (C=O) groups is 1. The number of nitro groups is 1. The van der Waals surface area contributed by atoms with Crippen molar-refractivity contribution in [1.82, 2.24) is 0 Å². The average molecular weight is 457 g/mol. The number of ether oxygens (including phenoxy) is 2. The van der Waals surface area contributed by atoms with Gasteiger partial charge >= 0.3 is 0 Å². The Morgan fingerprint density at radius 1 is 1.10 bits per heavy atom. The third kappa shape index (κ3) is 4.19. The van der Waals surface area contributed by atoms with Crippen LogP contribution in [0.15, 0.2) is 48.5 Å². The normalized spacial score (nSPS) is 11.6. The van der Waals surface area contributed by atoms with E-state index in [4.69, 9.17) is 32.7 Å². The van der Waals surface area contributed by atoms with Gasteiger partial charge in [-0.1, -0.05) is 29.3 Å². The van der Waals surface area contributed by atoms with Crippen molar-refractivity contribution < 1.29 is 19.2 Å². The molecule has 0 aliphatic carbocycles. The Labute approximate surface area is 187 Å². The smallest absolute Gasteiger partial charge is 0.274 e. The zero-order valence-electron chi connectivity index (χ0n) is 16.0. The first-order valence-corrected chi connectivity index (χ1v) is 9.74. The number of hydrogen-bond acceptors (Lipinski definition) is 5. The molecule has 1 heterocycles. The van der Waals surface area contributed by atoms with Gasteiger partial charge in [-0.2, -0.15) is 0 Å². The van der Waals surface area contributed by atoms with Crippen LogP contribution in [0.1, 0.15) is 21.5 Å². The topological polar surface area (TPSA) is 90.7 Å². The van der Waals surface area contributed by atoms with Crippen LogP contribution in [0.3, 0.4) is 0 Å². The number of nitrogens with one attached hydrogen (secondary N) is 1. The number of benzene rings is 3. The molecular formula is C22H14Cl2N2O5.